The van der Waals surface area contributed by atoms with E-state index >= 15 is 0 Å². The van der Waals surface area contributed by atoms with Gasteiger partial charge < -0.3 is 19.8 Å². The lowest BCUT2D eigenvalue weighted by atomic mass is 10.1. The number of halogens is 3. The topological polar surface area (TPSA) is 105 Å². The fourth-order valence-corrected chi connectivity index (χ4v) is 4.38. The van der Waals surface area contributed by atoms with Crippen LogP contribution in [0.1, 0.15) is 18.1 Å². The van der Waals surface area contributed by atoms with Gasteiger partial charge >= 0.3 is 14.0 Å². The van der Waals surface area contributed by atoms with Gasteiger partial charge in [0.05, 0.1) is 18.1 Å². The van der Waals surface area contributed by atoms with Gasteiger partial charge in [0.1, 0.15) is 12.4 Å². The highest BCUT2D eigenvalue weighted by molar-refractivity contribution is 7.99. The number of ether oxygens (including phenoxy) is 1. The van der Waals surface area contributed by atoms with Crippen LogP contribution in [0, 0.1) is 5.92 Å². The Morgan fingerprint density at radius 2 is 1.78 bits per heavy atom. The van der Waals surface area contributed by atoms with E-state index in [0.717, 1.165) is 23.4 Å². The van der Waals surface area contributed by atoms with E-state index in [4.69, 9.17) is 14.5 Å². The molecule has 36 heavy (non-hydrogen) atoms. The van der Waals surface area contributed by atoms with Crippen LogP contribution in [0.4, 0.5) is 18.9 Å². The maximum Gasteiger partial charge on any atom is 0.469 e. The average Bonchev–Trinajstić information content (AvgIpc) is 2.82. The highest BCUT2D eigenvalue weighted by Gasteiger charge is 2.34. The van der Waals surface area contributed by atoms with Crippen molar-refractivity contribution in [3.63, 3.8) is 0 Å². The summed E-state index contributed by atoms with van der Waals surface area (Å²) >= 11 is 0.902. The molecule has 0 aliphatic rings. The Bertz CT molecular complexity index is 1240. The molecule has 0 bridgehead atoms. The van der Waals surface area contributed by atoms with Crippen molar-refractivity contribution < 1.29 is 41.6 Å². The number of alkyl halides is 3. The Hall–Kier alpha value is -2.82. The lowest BCUT2D eigenvalue weighted by Gasteiger charge is -2.17. The smallest absolute Gasteiger partial charge is 0.469 e. The summed E-state index contributed by atoms with van der Waals surface area (Å²) in [7, 11) is -4.78. The molecule has 3 aromatic carbocycles. The monoisotopic (exact) mass is 541 g/mol. The first-order valence-corrected chi connectivity index (χ1v) is 12.9. The fourth-order valence-electron chi connectivity index (χ4n) is 2.96. The first-order chi connectivity index (χ1) is 16.9. The number of benzene rings is 3. The van der Waals surface area contributed by atoms with E-state index in [2.05, 4.69) is 9.84 Å². The number of amides is 1. The Labute approximate surface area is 209 Å². The van der Waals surface area contributed by atoms with E-state index in [9.17, 15) is 22.5 Å². The van der Waals surface area contributed by atoms with E-state index < -0.39 is 38.0 Å². The molecule has 12 heteroatoms. The van der Waals surface area contributed by atoms with Crippen LogP contribution in [-0.2, 0) is 26.7 Å². The quantitative estimate of drug-likeness (QED) is 0.266. The molecule has 0 saturated carbocycles. The van der Waals surface area contributed by atoms with Crippen LogP contribution in [0.25, 0.3) is 0 Å². The van der Waals surface area contributed by atoms with Gasteiger partial charge in [-0.05, 0) is 42.0 Å². The minimum absolute atomic E-state index is 0.0708. The Morgan fingerprint density at radius 1 is 1.06 bits per heavy atom. The van der Waals surface area contributed by atoms with Crippen LogP contribution in [0.5, 0.6) is 5.75 Å². The third-order valence-electron chi connectivity index (χ3n) is 4.77. The number of hydrogen-bond donors (Lipinski definition) is 3. The summed E-state index contributed by atoms with van der Waals surface area (Å²) < 4.78 is 62.2. The minimum atomic E-state index is -4.78. The number of hydrogen-bond acceptors (Lipinski definition) is 5. The molecule has 0 fully saturated rings. The highest BCUT2D eigenvalue weighted by Crippen LogP contribution is 2.41. The van der Waals surface area contributed by atoms with Crippen LogP contribution in [0.15, 0.2) is 82.6 Å². The van der Waals surface area contributed by atoms with E-state index in [-0.39, 0.29) is 10.6 Å². The Morgan fingerprint density at radius 3 is 2.44 bits per heavy atom. The number of carbonyl (C=O) groups is 1. The van der Waals surface area contributed by atoms with Gasteiger partial charge in [0.2, 0.25) is 5.91 Å². The van der Waals surface area contributed by atoms with Crippen molar-refractivity contribution in [2.24, 2.45) is 5.92 Å². The van der Waals surface area contributed by atoms with Crippen LogP contribution < -0.4 is 10.1 Å². The lowest BCUT2D eigenvalue weighted by molar-refractivity contribution is -0.139. The van der Waals surface area contributed by atoms with E-state index in [0.29, 0.717) is 17.3 Å². The molecule has 192 valence electrons. The molecule has 0 heterocycles. The summed E-state index contributed by atoms with van der Waals surface area (Å²) in [5, 5.41) is 2.32. The summed E-state index contributed by atoms with van der Waals surface area (Å²) in [4.78, 5) is 30.2. The van der Waals surface area contributed by atoms with E-state index in [1.54, 1.807) is 24.3 Å². The largest absolute Gasteiger partial charge is 0.489 e. The van der Waals surface area contributed by atoms with Crippen molar-refractivity contribution in [1.29, 1.82) is 0 Å². The first kappa shape index (κ1) is 27.8. The zero-order chi connectivity index (χ0) is 26.3. The SMILES string of the molecule is C[C@@H](COP(=O)(O)O)C(=O)Nc1ccc(Sc2cccc(OCc3ccccc3)c2)c(C(F)(F)F)c1. The Balaban J connectivity index is 1.73. The van der Waals surface area contributed by atoms with Crippen LogP contribution in [0.2, 0.25) is 0 Å². The maximum atomic E-state index is 13.8. The third kappa shape index (κ3) is 8.69. The summed E-state index contributed by atoms with van der Waals surface area (Å²) in [6, 6.07) is 19.5. The zero-order valence-corrected chi connectivity index (χ0v) is 20.6. The number of rotatable bonds is 10. The maximum absolute atomic E-state index is 13.8. The van der Waals surface area contributed by atoms with Gasteiger partial charge in [-0.15, -0.1) is 0 Å². The molecular formula is C24H23F3NO6PS. The van der Waals surface area contributed by atoms with Gasteiger partial charge in [-0.25, -0.2) is 4.57 Å². The molecule has 0 aliphatic carbocycles. The molecule has 0 spiro atoms. The van der Waals surface area contributed by atoms with Gasteiger partial charge in [0.15, 0.2) is 0 Å². The van der Waals surface area contributed by atoms with Crippen molar-refractivity contribution >= 4 is 31.2 Å². The van der Waals surface area contributed by atoms with Gasteiger partial charge in [-0.2, -0.15) is 13.2 Å². The normalized spacial score (nSPS) is 12.7. The second-order valence-electron chi connectivity index (χ2n) is 7.74. The molecule has 0 saturated heterocycles. The first-order valence-electron chi connectivity index (χ1n) is 10.6. The molecule has 0 aliphatic heterocycles. The summed E-state index contributed by atoms with van der Waals surface area (Å²) in [5.41, 5.74) is -0.102. The van der Waals surface area contributed by atoms with Crippen molar-refractivity contribution in [2.45, 2.75) is 29.5 Å². The molecule has 3 rings (SSSR count). The van der Waals surface area contributed by atoms with Crippen molar-refractivity contribution in [3.8, 4) is 5.75 Å². The van der Waals surface area contributed by atoms with E-state index in [1.807, 2.05) is 30.3 Å². The molecule has 3 aromatic rings. The summed E-state index contributed by atoms with van der Waals surface area (Å²) in [6.07, 6.45) is -4.69. The highest BCUT2D eigenvalue weighted by atomic mass is 32.2. The second kappa shape index (κ2) is 11.9. The predicted octanol–water partition coefficient (Wildman–Crippen LogP) is 6.12. The Kier molecular flexibility index (Phi) is 9.21. The lowest BCUT2D eigenvalue weighted by Crippen LogP contribution is -2.24. The van der Waals surface area contributed by atoms with Gasteiger partial charge in [-0.1, -0.05) is 55.1 Å². The van der Waals surface area contributed by atoms with E-state index in [1.165, 1.54) is 19.1 Å². The molecular weight excluding hydrogens is 518 g/mol. The second-order valence-corrected chi connectivity index (χ2v) is 10.1. The van der Waals surface area contributed by atoms with Gasteiger partial charge in [-0.3, -0.25) is 9.32 Å². The van der Waals surface area contributed by atoms with Gasteiger partial charge in [0, 0.05) is 15.5 Å². The van der Waals surface area contributed by atoms with Crippen LogP contribution in [0.3, 0.4) is 0 Å². The zero-order valence-electron chi connectivity index (χ0n) is 18.9. The van der Waals surface area contributed by atoms with Crippen molar-refractivity contribution in [3.05, 3.63) is 83.9 Å². The molecule has 1 atom stereocenters. The molecule has 0 unspecified atom stereocenters. The molecule has 0 aromatic heterocycles. The standard InChI is InChI=1S/C24H23F3NO6PS/c1-16(14-34-35(30,31)32)23(29)28-18-10-11-22(21(12-18)24(25,26)27)36-20-9-5-8-19(13-20)33-15-17-6-3-2-4-7-17/h2-13,16H,14-15H2,1H3,(H,28,29)(H2,30,31,32)/t16-/m0/s1. The number of phosphoric acid groups is 1. The molecule has 3 N–H and O–H groups in total. The number of nitrogens with one attached hydrogen (secondary N) is 1. The van der Waals surface area contributed by atoms with Crippen LogP contribution >= 0.6 is 19.6 Å². The number of phosphoric ester groups is 1. The molecule has 1 amide bonds. The number of anilines is 1. The van der Waals surface area contributed by atoms with Crippen molar-refractivity contribution in [1.82, 2.24) is 0 Å². The minimum Gasteiger partial charge on any atom is -0.489 e. The summed E-state index contributed by atoms with van der Waals surface area (Å²) in [6.45, 7) is 1.04. The van der Waals surface area contributed by atoms with Crippen molar-refractivity contribution in [2.75, 3.05) is 11.9 Å². The predicted molar refractivity (Wildman–Crippen MR) is 129 cm³/mol. The van der Waals surface area contributed by atoms with Crippen LogP contribution in [-0.4, -0.2) is 22.3 Å². The number of carbonyl (C=O) groups excluding carboxylic acids is 1. The average molecular weight is 541 g/mol. The third-order valence-corrected chi connectivity index (χ3v) is 6.33. The van der Waals surface area contributed by atoms with Gasteiger partial charge in [0.25, 0.3) is 0 Å². The molecule has 7 nitrogen and oxygen atoms in total. The fraction of sp³-hybridized carbons (Fsp3) is 0.208. The molecule has 0 radical (unpaired) electrons. The summed E-state index contributed by atoms with van der Waals surface area (Å²) in [5.74, 6) is -1.26.